The van der Waals surface area contributed by atoms with E-state index in [-0.39, 0.29) is 0 Å². The van der Waals surface area contributed by atoms with Crippen LogP contribution < -0.4 is 10.2 Å². The highest BCUT2D eigenvalue weighted by molar-refractivity contribution is 6.38. The van der Waals surface area contributed by atoms with Gasteiger partial charge in [-0.15, -0.1) is 5.10 Å². The second-order valence-corrected chi connectivity index (χ2v) is 5.95. The van der Waals surface area contributed by atoms with Crippen LogP contribution in [-0.4, -0.2) is 41.4 Å². The number of hydrogen-bond acceptors (Lipinski definition) is 4. The second kappa shape index (κ2) is 6.22. The molecule has 0 bridgehead atoms. The molecule has 0 spiro atoms. The molecule has 21 heavy (non-hydrogen) atoms. The highest BCUT2D eigenvalue weighted by atomic mass is 35.5. The van der Waals surface area contributed by atoms with Crippen molar-refractivity contribution in [2.24, 2.45) is 0 Å². The molecule has 0 amide bonds. The number of aromatic nitrogens is 3. The maximum Gasteiger partial charge on any atom is 0.245 e. The minimum atomic E-state index is 0.569. The Morgan fingerprint density at radius 3 is 2.52 bits per heavy atom. The van der Waals surface area contributed by atoms with Crippen LogP contribution in [-0.2, 0) is 0 Å². The number of nitrogens with one attached hydrogen (secondary N) is 2. The number of benzene rings is 1. The molecule has 0 radical (unpaired) electrons. The quantitative estimate of drug-likeness (QED) is 0.910. The Kier molecular flexibility index (Phi) is 4.33. The van der Waals surface area contributed by atoms with Gasteiger partial charge in [0.1, 0.15) is 0 Å². The van der Waals surface area contributed by atoms with Gasteiger partial charge < -0.3 is 10.2 Å². The van der Waals surface area contributed by atoms with Crippen LogP contribution in [0.2, 0.25) is 10.0 Å². The summed E-state index contributed by atoms with van der Waals surface area (Å²) in [4.78, 5) is 6.73. The summed E-state index contributed by atoms with van der Waals surface area (Å²) in [5.41, 5.74) is 0.699. The molecular formula is C14H17Cl2N5. The number of halogens is 2. The fraction of sp³-hybridized carbons (Fsp3) is 0.429. The number of nitrogens with zero attached hydrogens (tertiary/aromatic N) is 3. The molecule has 3 rings (SSSR count). The number of aromatic amines is 1. The lowest BCUT2D eigenvalue weighted by molar-refractivity contribution is 0.439. The molecule has 1 aliphatic heterocycles. The second-order valence-electron chi connectivity index (χ2n) is 5.13. The van der Waals surface area contributed by atoms with Crippen LogP contribution in [0.5, 0.6) is 0 Å². The SMILES string of the molecule is CNC1CCN(c2n[nH]c(-c3c(Cl)cccc3Cl)n2)CC1. The van der Waals surface area contributed by atoms with Crippen molar-refractivity contribution in [2.45, 2.75) is 18.9 Å². The average Bonchev–Trinajstić information content (AvgIpc) is 2.97. The van der Waals surface area contributed by atoms with E-state index in [0.29, 0.717) is 33.4 Å². The predicted molar refractivity (Wildman–Crippen MR) is 86.1 cm³/mol. The fourth-order valence-electron chi connectivity index (χ4n) is 2.60. The first-order valence-electron chi connectivity index (χ1n) is 6.98. The Labute approximate surface area is 133 Å². The Morgan fingerprint density at radius 2 is 1.90 bits per heavy atom. The summed E-state index contributed by atoms with van der Waals surface area (Å²) in [6.07, 6.45) is 2.18. The van der Waals surface area contributed by atoms with Crippen molar-refractivity contribution in [3.8, 4) is 11.4 Å². The maximum atomic E-state index is 6.20. The molecule has 112 valence electrons. The summed E-state index contributed by atoms with van der Waals surface area (Å²) in [5, 5.41) is 11.7. The normalized spacial score (nSPS) is 16.4. The molecule has 0 atom stereocenters. The van der Waals surface area contributed by atoms with E-state index in [9.17, 15) is 0 Å². The zero-order chi connectivity index (χ0) is 14.8. The molecule has 1 fully saturated rings. The van der Waals surface area contributed by atoms with E-state index in [1.165, 1.54) is 0 Å². The van der Waals surface area contributed by atoms with E-state index < -0.39 is 0 Å². The summed E-state index contributed by atoms with van der Waals surface area (Å²) in [7, 11) is 2.00. The molecule has 0 saturated carbocycles. The van der Waals surface area contributed by atoms with Crippen molar-refractivity contribution >= 4 is 29.2 Å². The largest absolute Gasteiger partial charge is 0.339 e. The van der Waals surface area contributed by atoms with Crippen LogP contribution in [0.15, 0.2) is 18.2 Å². The first kappa shape index (κ1) is 14.6. The average molecular weight is 326 g/mol. The number of rotatable bonds is 3. The molecule has 0 unspecified atom stereocenters. The van der Waals surface area contributed by atoms with Gasteiger partial charge in [0.05, 0.1) is 15.6 Å². The number of hydrogen-bond donors (Lipinski definition) is 2. The Hall–Kier alpha value is -1.30. The van der Waals surface area contributed by atoms with Crippen LogP contribution in [0.25, 0.3) is 11.4 Å². The fourth-order valence-corrected chi connectivity index (χ4v) is 3.17. The lowest BCUT2D eigenvalue weighted by Gasteiger charge is -2.30. The minimum absolute atomic E-state index is 0.569. The summed E-state index contributed by atoms with van der Waals surface area (Å²) < 4.78 is 0. The van der Waals surface area contributed by atoms with E-state index >= 15 is 0 Å². The van der Waals surface area contributed by atoms with Gasteiger partial charge in [-0.05, 0) is 32.0 Å². The first-order chi connectivity index (χ1) is 10.2. The highest BCUT2D eigenvalue weighted by Crippen LogP contribution is 2.33. The molecule has 1 aromatic carbocycles. The van der Waals surface area contributed by atoms with Crippen molar-refractivity contribution in [3.63, 3.8) is 0 Å². The van der Waals surface area contributed by atoms with Gasteiger partial charge in [0.25, 0.3) is 0 Å². The molecule has 5 nitrogen and oxygen atoms in total. The number of piperidine rings is 1. The third kappa shape index (κ3) is 3.00. The molecule has 1 saturated heterocycles. The summed E-state index contributed by atoms with van der Waals surface area (Å²) in [6.45, 7) is 1.89. The van der Waals surface area contributed by atoms with Gasteiger partial charge >= 0.3 is 0 Å². The Balaban J connectivity index is 1.81. The standard InChI is InChI=1S/C14H17Cl2N5/c1-17-9-5-7-21(8-6-9)14-18-13(19-20-14)12-10(15)3-2-4-11(12)16/h2-4,9,17H,5-8H2,1H3,(H,18,19,20). The Bertz CT molecular complexity index is 599. The van der Waals surface area contributed by atoms with Gasteiger partial charge in [-0.3, -0.25) is 5.10 Å². The van der Waals surface area contributed by atoms with Gasteiger partial charge in [0, 0.05) is 19.1 Å². The van der Waals surface area contributed by atoms with Gasteiger partial charge in [-0.1, -0.05) is 29.3 Å². The monoisotopic (exact) mass is 325 g/mol. The minimum Gasteiger partial charge on any atom is -0.339 e. The van der Waals surface area contributed by atoms with Crippen molar-refractivity contribution in [3.05, 3.63) is 28.2 Å². The maximum absolute atomic E-state index is 6.20. The van der Waals surface area contributed by atoms with Crippen LogP contribution in [0, 0.1) is 0 Å². The van der Waals surface area contributed by atoms with Gasteiger partial charge in [0.15, 0.2) is 5.82 Å². The van der Waals surface area contributed by atoms with Gasteiger partial charge in [-0.2, -0.15) is 4.98 Å². The summed E-state index contributed by atoms with van der Waals surface area (Å²) in [6, 6.07) is 5.98. The lowest BCUT2D eigenvalue weighted by Crippen LogP contribution is -2.41. The van der Waals surface area contributed by atoms with E-state index in [4.69, 9.17) is 23.2 Å². The molecule has 7 heteroatoms. The molecular weight excluding hydrogens is 309 g/mol. The van der Waals surface area contributed by atoms with Crippen molar-refractivity contribution in [2.75, 3.05) is 25.0 Å². The summed E-state index contributed by atoms with van der Waals surface area (Å²) >= 11 is 12.4. The third-order valence-corrected chi connectivity index (χ3v) is 4.49. The van der Waals surface area contributed by atoms with E-state index in [1.807, 2.05) is 13.1 Å². The Morgan fingerprint density at radius 1 is 1.24 bits per heavy atom. The molecule has 2 heterocycles. The zero-order valence-electron chi connectivity index (χ0n) is 11.7. The molecule has 1 aliphatic rings. The number of anilines is 1. The van der Waals surface area contributed by atoms with Crippen molar-refractivity contribution in [1.82, 2.24) is 20.5 Å². The molecule has 2 aromatic rings. The van der Waals surface area contributed by atoms with E-state index in [0.717, 1.165) is 25.9 Å². The lowest BCUT2D eigenvalue weighted by atomic mass is 10.1. The smallest absolute Gasteiger partial charge is 0.245 e. The zero-order valence-corrected chi connectivity index (χ0v) is 13.2. The molecule has 1 aromatic heterocycles. The van der Waals surface area contributed by atoms with Crippen LogP contribution in [0.3, 0.4) is 0 Å². The van der Waals surface area contributed by atoms with Crippen LogP contribution >= 0.6 is 23.2 Å². The first-order valence-corrected chi connectivity index (χ1v) is 7.73. The van der Waals surface area contributed by atoms with E-state index in [2.05, 4.69) is 25.4 Å². The topological polar surface area (TPSA) is 56.8 Å². The summed E-state index contributed by atoms with van der Waals surface area (Å²) in [5.74, 6) is 1.31. The van der Waals surface area contributed by atoms with Crippen molar-refractivity contribution in [1.29, 1.82) is 0 Å². The number of H-pyrrole nitrogens is 1. The van der Waals surface area contributed by atoms with Gasteiger partial charge in [-0.25, -0.2) is 0 Å². The highest BCUT2D eigenvalue weighted by Gasteiger charge is 2.21. The molecule has 0 aliphatic carbocycles. The third-order valence-electron chi connectivity index (χ3n) is 3.86. The van der Waals surface area contributed by atoms with Gasteiger partial charge in [0.2, 0.25) is 5.95 Å². The van der Waals surface area contributed by atoms with Crippen LogP contribution in [0.1, 0.15) is 12.8 Å². The predicted octanol–water partition coefficient (Wildman–Crippen LogP) is 2.97. The molecule has 2 N–H and O–H groups in total. The van der Waals surface area contributed by atoms with E-state index in [1.54, 1.807) is 12.1 Å². The van der Waals surface area contributed by atoms with Crippen LogP contribution in [0.4, 0.5) is 5.95 Å². The van der Waals surface area contributed by atoms with Crippen molar-refractivity contribution < 1.29 is 0 Å².